The van der Waals surface area contributed by atoms with Crippen LogP contribution in [0.3, 0.4) is 0 Å². The van der Waals surface area contributed by atoms with E-state index in [1.54, 1.807) is 6.07 Å². The third-order valence-corrected chi connectivity index (χ3v) is 3.08. The number of nitrogens with two attached hydrogens (primary N) is 1. The standard InChI is InChI=1S/C17H20FNO/c1-12-3-5-14(6-4-12)11-20-17-8-7-16(18)10-15(17)9-13(2)19/h3-8,10,13H,9,11,19H2,1-2H3. The molecule has 2 nitrogen and oxygen atoms in total. The fraction of sp³-hybridized carbons (Fsp3) is 0.294. The molecule has 1 unspecified atom stereocenters. The highest BCUT2D eigenvalue weighted by molar-refractivity contribution is 5.35. The smallest absolute Gasteiger partial charge is 0.123 e. The van der Waals surface area contributed by atoms with Gasteiger partial charge in [-0.15, -0.1) is 0 Å². The van der Waals surface area contributed by atoms with Crippen LogP contribution in [0, 0.1) is 12.7 Å². The first-order chi connectivity index (χ1) is 9.54. The number of halogens is 1. The molecule has 2 rings (SSSR count). The monoisotopic (exact) mass is 273 g/mol. The van der Waals surface area contributed by atoms with E-state index in [9.17, 15) is 4.39 Å². The number of rotatable bonds is 5. The highest BCUT2D eigenvalue weighted by Crippen LogP contribution is 2.22. The first-order valence-electron chi connectivity index (χ1n) is 6.77. The zero-order chi connectivity index (χ0) is 14.5. The first-order valence-corrected chi connectivity index (χ1v) is 6.77. The van der Waals surface area contributed by atoms with Gasteiger partial charge >= 0.3 is 0 Å². The van der Waals surface area contributed by atoms with Crippen LogP contribution in [-0.2, 0) is 13.0 Å². The summed E-state index contributed by atoms with van der Waals surface area (Å²) in [6, 6.07) is 12.7. The van der Waals surface area contributed by atoms with Crippen LogP contribution in [0.5, 0.6) is 5.75 Å². The van der Waals surface area contributed by atoms with Gasteiger partial charge < -0.3 is 10.5 Å². The lowest BCUT2D eigenvalue weighted by atomic mass is 10.1. The van der Waals surface area contributed by atoms with Crippen LogP contribution in [0.2, 0.25) is 0 Å². The molecule has 1 atom stereocenters. The van der Waals surface area contributed by atoms with Crippen LogP contribution in [0.25, 0.3) is 0 Å². The summed E-state index contributed by atoms with van der Waals surface area (Å²) in [7, 11) is 0. The van der Waals surface area contributed by atoms with Crippen LogP contribution in [-0.4, -0.2) is 6.04 Å². The van der Waals surface area contributed by atoms with Crippen molar-refractivity contribution in [1.29, 1.82) is 0 Å². The van der Waals surface area contributed by atoms with Crippen molar-refractivity contribution in [3.63, 3.8) is 0 Å². The summed E-state index contributed by atoms with van der Waals surface area (Å²) in [6.45, 7) is 4.41. The van der Waals surface area contributed by atoms with Gasteiger partial charge in [-0.1, -0.05) is 29.8 Å². The van der Waals surface area contributed by atoms with E-state index in [1.807, 2.05) is 38.1 Å². The molecule has 20 heavy (non-hydrogen) atoms. The number of benzene rings is 2. The molecule has 2 N–H and O–H groups in total. The van der Waals surface area contributed by atoms with Crippen molar-refractivity contribution >= 4 is 0 Å². The SMILES string of the molecule is Cc1ccc(COc2ccc(F)cc2CC(C)N)cc1. The Labute approximate surface area is 119 Å². The Morgan fingerprint density at radius 3 is 2.50 bits per heavy atom. The number of aryl methyl sites for hydroxylation is 1. The van der Waals surface area contributed by atoms with Gasteiger partial charge in [0.15, 0.2) is 0 Å². The normalized spacial score (nSPS) is 12.2. The van der Waals surface area contributed by atoms with Gasteiger partial charge in [0.2, 0.25) is 0 Å². The summed E-state index contributed by atoms with van der Waals surface area (Å²) >= 11 is 0. The molecule has 0 spiro atoms. The van der Waals surface area contributed by atoms with Crippen molar-refractivity contribution in [3.8, 4) is 5.75 Å². The number of hydrogen-bond acceptors (Lipinski definition) is 2. The van der Waals surface area contributed by atoms with E-state index in [-0.39, 0.29) is 11.9 Å². The topological polar surface area (TPSA) is 35.2 Å². The highest BCUT2D eigenvalue weighted by Gasteiger charge is 2.08. The maximum absolute atomic E-state index is 13.3. The van der Waals surface area contributed by atoms with Gasteiger partial charge in [-0.25, -0.2) is 4.39 Å². The minimum Gasteiger partial charge on any atom is -0.489 e. The van der Waals surface area contributed by atoms with E-state index in [1.165, 1.54) is 17.7 Å². The maximum atomic E-state index is 13.3. The van der Waals surface area contributed by atoms with Crippen LogP contribution in [0.4, 0.5) is 4.39 Å². The zero-order valence-electron chi connectivity index (χ0n) is 11.9. The summed E-state index contributed by atoms with van der Waals surface area (Å²) in [5.41, 5.74) is 8.91. The zero-order valence-corrected chi connectivity index (χ0v) is 11.9. The van der Waals surface area contributed by atoms with Crippen molar-refractivity contribution in [2.75, 3.05) is 0 Å². The van der Waals surface area contributed by atoms with Crippen molar-refractivity contribution < 1.29 is 9.13 Å². The largest absolute Gasteiger partial charge is 0.489 e. The molecule has 0 bridgehead atoms. The van der Waals surface area contributed by atoms with E-state index >= 15 is 0 Å². The summed E-state index contributed by atoms with van der Waals surface area (Å²) in [4.78, 5) is 0. The second-order valence-corrected chi connectivity index (χ2v) is 5.21. The molecule has 0 aromatic heterocycles. The van der Waals surface area contributed by atoms with Gasteiger partial charge in [0, 0.05) is 6.04 Å². The van der Waals surface area contributed by atoms with Gasteiger partial charge in [0.25, 0.3) is 0 Å². The van der Waals surface area contributed by atoms with Gasteiger partial charge in [0.05, 0.1) is 0 Å². The molecule has 0 aliphatic heterocycles. The third-order valence-electron chi connectivity index (χ3n) is 3.08. The van der Waals surface area contributed by atoms with Gasteiger partial charge in [0.1, 0.15) is 18.2 Å². The summed E-state index contributed by atoms with van der Waals surface area (Å²) in [5.74, 6) is 0.438. The fourth-order valence-electron chi connectivity index (χ4n) is 2.04. The molecule has 3 heteroatoms. The van der Waals surface area contributed by atoms with Crippen molar-refractivity contribution in [2.45, 2.75) is 32.9 Å². The third kappa shape index (κ3) is 4.07. The van der Waals surface area contributed by atoms with Crippen LogP contribution >= 0.6 is 0 Å². The maximum Gasteiger partial charge on any atom is 0.123 e. The lowest BCUT2D eigenvalue weighted by Crippen LogP contribution is -2.18. The average Bonchev–Trinajstić information content (AvgIpc) is 2.39. The second-order valence-electron chi connectivity index (χ2n) is 5.21. The first kappa shape index (κ1) is 14.5. The molecule has 0 aliphatic rings. The summed E-state index contributed by atoms with van der Waals surface area (Å²) in [5, 5.41) is 0. The Morgan fingerprint density at radius 2 is 1.85 bits per heavy atom. The van der Waals surface area contributed by atoms with Crippen molar-refractivity contribution in [3.05, 3.63) is 65.0 Å². The minimum atomic E-state index is -0.261. The predicted molar refractivity (Wildman–Crippen MR) is 79.3 cm³/mol. The van der Waals surface area contributed by atoms with E-state index in [4.69, 9.17) is 10.5 Å². The van der Waals surface area contributed by atoms with Crippen LogP contribution < -0.4 is 10.5 Å². The molecule has 0 heterocycles. The predicted octanol–water partition coefficient (Wildman–Crippen LogP) is 3.60. The fourth-order valence-corrected chi connectivity index (χ4v) is 2.04. The van der Waals surface area contributed by atoms with E-state index in [2.05, 4.69) is 0 Å². The van der Waals surface area contributed by atoms with Crippen LogP contribution in [0.1, 0.15) is 23.6 Å². The number of hydrogen-bond donors (Lipinski definition) is 1. The second kappa shape index (κ2) is 6.53. The highest BCUT2D eigenvalue weighted by atomic mass is 19.1. The van der Waals surface area contributed by atoms with E-state index in [0.717, 1.165) is 11.1 Å². The quantitative estimate of drug-likeness (QED) is 0.903. The van der Waals surface area contributed by atoms with Gasteiger partial charge in [-0.05, 0) is 49.6 Å². The van der Waals surface area contributed by atoms with E-state index in [0.29, 0.717) is 18.8 Å². The molecule has 0 saturated heterocycles. The Morgan fingerprint density at radius 1 is 1.15 bits per heavy atom. The lowest BCUT2D eigenvalue weighted by molar-refractivity contribution is 0.302. The summed E-state index contributed by atoms with van der Waals surface area (Å²) < 4.78 is 19.1. The molecule has 0 radical (unpaired) electrons. The Bertz CT molecular complexity index is 564. The van der Waals surface area contributed by atoms with Crippen molar-refractivity contribution in [2.24, 2.45) is 5.73 Å². The molecular formula is C17H20FNO. The average molecular weight is 273 g/mol. The molecule has 0 saturated carbocycles. The molecule has 2 aromatic rings. The molecule has 0 aliphatic carbocycles. The Balaban J connectivity index is 2.10. The van der Waals surface area contributed by atoms with Crippen molar-refractivity contribution in [1.82, 2.24) is 0 Å². The minimum absolute atomic E-state index is 0.0291. The molecule has 0 amide bonds. The lowest BCUT2D eigenvalue weighted by Gasteiger charge is -2.13. The summed E-state index contributed by atoms with van der Waals surface area (Å²) in [6.07, 6.45) is 0.598. The van der Waals surface area contributed by atoms with E-state index < -0.39 is 0 Å². The molecular weight excluding hydrogens is 253 g/mol. The van der Waals surface area contributed by atoms with Gasteiger partial charge in [-0.2, -0.15) is 0 Å². The Kier molecular flexibility index (Phi) is 4.74. The van der Waals surface area contributed by atoms with Crippen LogP contribution in [0.15, 0.2) is 42.5 Å². The number of ether oxygens (including phenoxy) is 1. The molecule has 2 aromatic carbocycles. The molecule has 0 fully saturated rings. The Hall–Kier alpha value is -1.87. The van der Waals surface area contributed by atoms with Gasteiger partial charge in [-0.3, -0.25) is 0 Å². The molecule has 106 valence electrons.